The molecule has 1 saturated heterocycles. The van der Waals surface area contributed by atoms with E-state index in [1.807, 2.05) is 0 Å². The molecule has 0 spiro atoms. The van der Waals surface area contributed by atoms with Crippen LogP contribution in [0, 0.1) is 56.7 Å². The van der Waals surface area contributed by atoms with Crippen LogP contribution in [0.2, 0.25) is 0 Å². The number of allylic oxidation sites excluding steroid dienone is 2. The molecule has 0 radical (unpaired) electrons. The molecular weight excluding hydrogens is 557 g/mol. The van der Waals surface area contributed by atoms with Crippen molar-refractivity contribution < 1.29 is 14.3 Å². The second kappa shape index (κ2) is 10.6. The SMILES string of the molecule is CC(=O)OC1CCC2(C)C(CCC3(C)C2CCC2C4=C(C(C)C)C(=O)CC4(C(C)C4SCCCS4)CCC23C)C1(C)C. The first-order valence-electron chi connectivity index (χ1n) is 17.3. The lowest BCUT2D eigenvalue weighted by atomic mass is 9.32. The Labute approximate surface area is 265 Å². The van der Waals surface area contributed by atoms with Crippen LogP contribution in [0.1, 0.15) is 127 Å². The van der Waals surface area contributed by atoms with Gasteiger partial charge in [-0.15, -0.1) is 23.5 Å². The summed E-state index contributed by atoms with van der Waals surface area (Å²) in [6.45, 7) is 21.5. The molecule has 42 heavy (non-hydrogen) atoms. The van der Waals surface area contributed by atoms with E-state index in [0.717, 1.165) is 19.3 Å². The predicted molar refractivity (Wildman–Crippen MR) is 177 cm³/mol. The van der Waals surface area contributed by atoms with Crippen LogP contribution >= 0.6 is 23.5 Å². The second-order valence-electron chi connectivity index (χ2n) is 17.1. The highest BCUT2D eigenvalue weighted by atomic mass is 32.2. The van der Waals surface area contributed by atoms with Crippen LogP contribution in [0.5, 0.6) is 0 Å². The number of hydrogen-bond donors (Lipinski definition) is 0. The maximum atomic E-state index is 14.0. The normalized spacial score (nSPS) is 46.0. The number of Topliss-reactive ketones (excluding diaryl/α,β-unsaturated/α-hetero) is 1. The third kappa shape index (κ3) is 4.26. The first-order valence-corrected chi connectivity index (χ1v) is 19.4. The Hall–Kier alpha value is -0.420. The lowest BCUT2D eigenvalue weighted by molar-refractivity contribution is -0.233. The number of rotatable bonds is 4. The summed E-state index contributed by atoms with van der Waals surface area (Å²) in [5, 5.41) is 0. The number of fused-ring (bicyclic) bond motifs is 7. The Morgan fingerprint density at radius 2 is 1.55 bits per heavy atom. The summed E-state index contributed by atoms with van der Waals surface area (Å²) in [5.74, 6) is 5.54. The predicted octanol–water partition coefficient (Wildman–Crippen LogP) is 9.73. The van der Waals surface area contributed by atoms with Crippen molar-refractivity contribution in [3.05, 3.63) is 11.1 Å². The molecule has 6 aliphatic rings. The molecule has 1 heterocycles. The summed E-state index contributed by atoms with van der Waals surface area (Å²) < 4.78 is 6.58. The lowest BCUT2D eigenvalue weighted by Crippen LogP contribution is -2.66. The summed E-state index contributed by atoms with van der Waals surface area (Å²) in [7, 11) is 0. The number of ketones is 1. The van der Waals surface area contributed by atoms with E-state index >= 15 is 0 Å². The molecule has 0 amide bonds. The minimum atomic E-state index is -0.129. The molecule has 0 aromatic carbocycles. The highest BCUT2D eigenvalue weighted by Crippen LogP contribution is 2.77. The minimum absolute atomic E-state index is 0.00452. The molecule has 5 fully saturated rings. The number of carbonyl (C=O) groups is 2. The Bertz CT molecular complexity index is 1150. The van der Waals surface area contributed by atoms with Crippen molar-refractivity contribution in [2.45, 2.75) is 137 Å². The van der Waals surface area contributed by atoms with E-state index in [9.17, 15) is 9.59 Å². The second-order valence-corrected chi connectivity index (χ2v) is 19.9. The summed E-state index contributed by atoms with van der Waals surface area (Å²) in [4.78, 5) is 26.1. The maximum Gasteiger partial charge on any atom is 0.302 e. The summed E-state index contributed by atoms with van der Waals surface area (Å²) >= 11 is 4.36. The van der Waals surface area contributed by atoms with Gasteiger partial charge in [0.05, 0.1) is 4.58 Å². The molecule has 0 aromatic heterocycles. The first kappa shape index (κ1) is 31.6. The molecule has 3 nitrogen and oxygen atoms in total. The molecular formula is C37H58O3S2. The van der Waals surface area contributed by atoms with Gasteiger partial charge >= 0.3 is 5.97 Å². The van der Waals surface area contributed by atoms with Gasteiger partial charge in [0.25, 0.3) is 0 Å². The third-order valence-corrected chi connectivity index (χ3v) is 18.2. The van der Waals surface area contributed by atoms with Crippen molar-refractivity contribution in [3.63, 3.8) is 0 Å². The number of thioether (sulfide) groups is 2. The molecule has 0 aromatic rings. The van der Waals surface area contributed by atoms with Crippen LogP contribution in [0.4, 0.5) is 0 Å². The highest BCUT2D eigenvalue weighted by Gasteiger charge is 2.70. The molecule has 5 aliphatic carbocycles. The van der Waals surface area contributed by atoms with E-state index in [1.165, 1.54) is 62.0 Å². The zero-order valence-electron chi connectivity index (χ0n) is 28.1. The van der Waals surface area contributed by atoms with Gasteiger partial charge < -0.3 is 4.74 Å². The van der Waals surface area contributed by atoms with Gasteiger partial charge in [-0.2, -0.15) is 0 Å². The summed E-state index contributed by atoms with van der Waals surface area (Å²) in [6.07, 6.45) is 11.7. The average Bonchev–Trinajstić information content (AvgIpc) is 3.24. The van der Waals surface area contributed by atoms with Gasteiger partial charge in [0.2, 0.25) is 0 Å². The van der Waals surface area contributed by atoms with Crippen molar-refractivity contribution in [1.29, 1.82) is 0 Å². The quantitative estimate of drug-likeness (QED) is 0.295. The standard InChI is InChI=1S/C37H58O3S2/c1-22(2)30-26(39)21-37(23(3)32-41-19-10-20-42-32)18-17-35(8)25(31(30)37)11-12-28-34(7)15-14-29(40-24(4)38)33(5,6)27(34)13-16-36(28,35)9/h22-23,25,27-29,32H,10-21H2,1-9H3. The van der Waals surface area contributed by atoms with Gasteiger partial charge in [-0.05, 0) is 121 Å². The Morgan fingerprint density at radius 3 is 2.19 bits per heavy atom. The van der Waals surface area contributed by atoms with Crippen molar-refractivity contribution in [1.82, 2.24) is 0 Å². The zero-order valence-corrected chi connectivity index (χ0v) is 29.7. The van der Waals surface area contributed by atoms with Crippen molar-refractivity contribution in [2.24, 2.45) is 56.7 Å². The van der Waals surface area contributed by atoms with Gasteiger partial charge in [0, 0.05) is 24.2 Å². The lowest BCUT2D eigenvalue weighted by Gasteiger charge is -2.72. The number of esters is 1. The molecule has 0 N–H and O–H groups in total. The molecule has 0 bridgehead atoms. The van der Waals surface area contributed by atoms with E-state index in [0.29, 0.717) is 40.0 Å². The molecule has 9 unspecified atom stereocenters. The van der Waals surface area contributed by atoms with Gasteiger partial charge in [-0.3, -0.25) is 9.59 Å². The van der Waals surface area contributed by atoms with E-state index in [2.05, 4.69) is 78.9 Å². The van der Waals surface area contributed by atoms with Crippen LogP contribution in [0.25, 0.3) is 0 Å². The smallest absolute Gasteiger partial charge is 0.302 e. The third-order valence-electron chi connectivity index (χ3n) is 14.9. The molecule has 6 rings (SSSR count). The molecule has 4 saturated carbocycles. The van der Waals surface area contributed by atoms with Gasteiger partial charge in [0.15, 0.2) is 5.78 Å². The van der Waals surface area contributed by atoms with Crippen LogP contribution in [0.15, 0.2) is 11.1 Å². The van der Waals surface area contributed by atoms with Crippen LogP contribution in [-0.4, -0.2) is 33.9 Å². The summed E-state index contributed by atoms with van der Waals surface area (Å²) in [5.41, 5.74) is 3.70. The average molecular weight is 615 g/mol. The molecule has 9 atom stereocenters. The molecule has 1 aliphatic heterocycles. The largest absolute Gasteiger partial charge is 0.462 e. The Morgan fingerprint density at radius 1 is 0.857 bits per heavy atom. The van der Waals surface area contributed by atoms with Crippen molar-refractivity contribution >= 4 is 35.3 Å². The van der Waals surface area contributed by atoms with Crippen LogP contribution in [-0.2, 0) is 14.3 Å². The number of ether oxygens (including phenoxy) is 1. The fourth-order valence-electron chi connectivity index (χ4n) is 12.7. The van der Waals surface area contributed by atoms with Gasteiger partial charge in [-0.1, -0.05) is 61.0 Å². The van der Waals surface area contributed by atoms with E-state index in [-0.39, 0.29) is 39.1 Å². The van der Waals surface area contributed by atoms with Crippen LogP contribution < -0.4 is 0 Å². The molecule has 5 heteroatoms. The molecule has 236 valence electrons. The number of carbonyl (C=O) groups excluding carboxylic acids is 2. The minimum Gasteiger partial charge on any atom is -0.462 e. The fraction of sp³-hybridized carbons (Fsp3) is 0.892. The van der Waals surface area contributed by atoms with E-state index in [1.54, 1.807) is 12.5 Å². The topological polar surface area (TPSA) is 43.4 Å². The Kier molecular flexibility index (Phi) is 7.94. The highest BCUT2D eigenvalue weighted by molar-refractivity contribution is 8.17. The van der Waals surface area contributed by atoms with E-state index in [4.69, 9.17) is 4.74 Å². The number of hydrogen-bond acceptors (Lipinski definition) is 5. The first-order chi connectivity index (χ1) is 19.6. The van der Waals surface area contributed by atoms with Gasteiger partial charge in [0.1, 0.15) is 6.10 Å². The van der Waals surface area contributed by atoms with Crippen molar-refractivity contribution in [2.75, 3.05) is 11.5 Å². The summed E-state index contributed by atoms with van der Waals surface area (Å²) in [6, 6.07) is 0. The van der Waals surface area contributed by atoms with Gasteiger partial charge in [-0.25, -0.2) is 0 Å². The van der Waals surface area contributed by atoms with Crippen molar-refractivity contribution in [3.8, 4) is 0 Å². The zero-order chi connectivity index (χ0) is 30.5. The maximum absolute atomic E-state index is 14.0. The van der Waals surface area contributed by atoms with Crippen LogP contribution in [0.3, 0.4) is 0 Å². The fourth-order valence-corrected chi connectivity index (χ4v) is 16.0. The van der Waals surface area contributed by atoms with E-state index < -0.39 is 0 Å². The monoisotopic (exact) mass is 614 g/mol. The Balaban J connectivity index is 1.39.